The standard InChI is InChI=1S/C22H22N4O3S/c1-3-29-19-10-6-16(7-11-19)21(27)23-13-12-17-14-30-22-24-20(25-26(17)22)15-4-8-18(28-2)9-5-15/h4-11,14H,3,12-13H2,1-2H3,(H,23,27). The highest BCUT2D eigenvalue weighted by atomic mass is 32.1. The van der Waals surface area contributed by atoms with Gasteiger partial charge in [-0.3, -0.25) is 4.79 Å². The molecule has 0 spiro atoms. The van der Waals surface area contributed by atoms with Gasteiger partial charge < -0.3 is 14.8 Å². The van der Waals surface area contributed by atoms with Crippen molar-refractivity contribution in [2.45, 2.75) is 13.3 Å². The van der Waals surface area contributed by atoms with Crippen LogP contribution in [0.1, 0.15) is 23.0 Å². The molecule has 1 N–H and O–H groups in total. The van der Waals surface area contributed by atoms with Gasteiger partial charge in [0.25, 0.3) is 5.91 Å². The summed E-state index contributed by atoms with van der Waals surface area (Å²) in [5.74, 6) is 2.11. The van der Waals surface area contributed by atoms with E-state index in [1.165, 1.54) is 11.3 Å². The smallest absolute Gasteiger partial charge is 0.251 e. The Balaban J connectivity index is 1.39. The molecule has 2 heterocycles. The second-order valence-electron chi connectivity index (χ2n) is 6.55. The van der Waals surface area contributed by atoms with Crippen LogP contribution in [0.3, 0.4) is 0 Å². The Labute approximate surface area is 178 Å². The van der Waals surface area contributed by atoms with Gasteiger partial charge in [0.15, 0.2) is 5.82 Å². The Bertz CT molecular complexity index is 1130. The van der Waals surface area contributed by atoms with Crippen molar-refractivity contribution in [1.82, 2.24) is 19.9 Å². The van der Waals surface area contributed by atoms with Crippen LogP contribution in [0.15, 0.2) is 53.9 Å². The first-order chi connectivity index (χ1) is 14.7. The molecule has 0 radical (unpaired) electrons. The monoisotopic (exact) mass is 422 g/mol. The summed E-state index contributed by atoms with van der Waals surface area (Å²) in [4.78, 5) is 17.8. The molecule has 30 heavy (non-hydrogen) atoms. The first-order valence-electron chi connectivity index (χ1n) is 9.66. The van der Waals surface area contributed by atoms with E-state index in [9.17, 15) is 4.79 Å². The normalized spacial score (nSPS) is 10.9. The molecule has 0 atom stereocenters. The SMILES string of the molecule is CCOc1ccc(C(=O)NCCc2csc3nc(-c4ccc(OC)cc4)nn23)cc1. The molecule has 0 saturated heterocycles. The van der Waals surface area contributed by atoms with Crippen LogP contribution in [-0.2, 0) is 6.42 Å². The van der Waals surface area contributed by atoms with Crippen molar-refractivity contribution in [3.8, 4) is 22.9 Å². The second kappa shape index (κ2) is 8.96. The number of ether oxygens (including phenoxy) is 2. The predicted octanol–water partition coefficient (Wildman–Crippen LogP) is 3.84. The largest absolute Gasteiger partial charge is 0.497 e. The number of amides is 1. The predicted molar refractivity (Wildman–Crippen MR) is 117 cm³/mol. The van der Waals surface area contributed by atoms with Crippen molar-refractivity contribution in [3.63, 3.8) is 0 Å². The van der Waals surface area contributed by atoms with Gasteiger partial charge in [0.2, 0.25) is 4.96 Å². The summed E-state index contributed by atoms with van der Waals surface area (Å²) in [6.07, 6.45) is 0.661. The van der Waals surface area contributed by atoms with Crippen LogP contribution >= 0.6 is 11.3 Å². The molecule has 4 rings (SSSR count). The van der Waals surface area contributed by atoms with Crippen LogP contribution in [0.4, 0.5) is 0 Å². The lowest BCUT2D eigenvalue weighted by Gasteiger charge is -2.06. The number of carbonyl (C=O) groups is 1. The lowest BCUT2D eigenvalue weighted by atomic mass is 10.2. The minimum absolute atomic E-state index is 0.109. The minimum atomic E-state index is -0.109. The van der Waals surface area contributed by atoms with E-state index in [2.05, 4.69) is 15.4 Å². The third-order valence-electron chi connectivity index (χ3n) is 4.59. The highest BCUT2D eigenvalue weighted by Gasteiger charge is 2.12. The number of aromatic nitrogens is 3. The molecule has 2 aromatic heterocycles. The maximum atomic E-state index is 12.4. The molecule has 0 aliphatic heterocycles. The van der Waals surface area contributed by atoms with Crippen LogP contribution in [-0.4, -0.2) is 40.8 Å². The van der Waals surface area contributed by atoms with Crippen LogP contribution in [0, 0.1) is 0 Å². The minimum Gasteiger partial charge on any atom is -0.497 e. The third-order valence-corrected chi connectivity index (χ3v) is 5.46. The highest BCUT2D eigenvalue weighted by Crippen LogP contribution is 2.23. The lowest BCUT2D eigenvalue weighted by molar-refractivity contribution is 0.0954. The Morgan fingerprint density at radius 2 is 1.83 bits per heavy atom. The van der Waals surface area contributed by atoms with E-state index < -0.39 is 0 Å². The van der Waals surface area contributed by atoms with E-state index in [-0.39, 0.29) is 5.91 Å². The van der Waals surface area contributed by atoms with Crippen molar-refractivity contribution >= 4 is 22.2 Å². The van der Waals surface area contributed by atoms with Crippen molar-refractivity contribution in [1.29, 1.82) is 0 Å². The number of nitrogens with zero attached hydrogens (tertiary/aromatic N) is 3. The molecule has 0 bridgehead atoms. The molecule has 0 aliphatic carbocycles. The number of fused-ring (bicyclic) bond motifs is 1. The summed E-state index contributed by atoms with van der Waals surface area (Å²) < 4.78 is 12.4. The van der Waals surface area contributed by atoms with Crippen molar-refractivity contribution in [3.05, 3.63) is 65.2 Å². The van der Waals surface area contributed by atoms with Gasteiger partial charge >= 0.3 is 0 Å². The number of nitrogens with one attached hydrogen (secondary N) is 1. The quantitative estimate of drug-likeness (QED) is 0.467. The average Bonchev–Trinajstić information content (AvgIpc) is 3.36. The zero-order valence-corrected chi connectivity index (χ0v) is 17.6. The Morgan fingerprint density at radius 1 is 1.10 bits per heavy atom. The van der Waals surface area contributed by atoms with Crippen molar-refractivity contribution < 1.29 is 14.3 Å². The fourth-order valence-corrected chi connectivity index (χ4v) is 3.89. The van der Waals surface area contributed by atoms with Gasteiger partial charge in [-0.25, -0.2) is 4.52 Å². The molecular weight excluding hydrogens is 400 g/mol. The zero-order chi connectivity index (χ0) is 20.9. The Hall–Kier alpha value is -3.39. The number of hydrogen-bond acceptors (Lipinski definition) is 6. The highest BCUT2D eigenvalue weighted by molar-refractivity contribution is 7.15. The molecule has 1 amide bonds. The first-order valence-corrected chi connectivity index (χ1v) is 10.5. The summed E-state index contributed by atoms with van der Waals surface area (Å²) in [5, 5.41) is 9.61. The molecule has 0 saturated carbocycles. The maximum absolute atomic E-state index is 12.4. The molecule has 0 aliphatic rings. The van der Waals surface area contributed by atoms with E-state index in [0.717, 1.165) is 27.7 Å². The van der Waals surface area contributed by atoms with E-state index >= 15 is 0 Å². The topological polar surface area (TPSA) is 77.8 Å². The van der Waals surface area contributed by atoms with Crippen molar-refractivity contribution in [2.75, 3.05) is 20.3 Å². The van der Waals surface area contributed by atoms with Crippen LogP contribution in [0.2, 0.25) is 0 Å². The molecule has 154 valence electrons. The molecule has 7 nitrogen and oxygen atoms in total. The van der Waals surface area contributed by atoms with Crippen LogP contribution in [0.5, 0.6) is 11.5 Å². The Morgan fingerprint density at radius 3 is 2.53 bits per heavy atom. The van der Waals surface area contributed by atoms with Gasteiger partial charge in [-0.1, -0.05) is 0 Å². The van der Waals surface area contributed by atoms with Crippen LogP contribution < -0.4 is 14.8 Å². The van der Waals surface area contributed by atoms with Crippen molar-refractivity contribution in [2.24, 2.45) is 0 Å². The zero-order valence-electron chi connectivity index (χ0n) is 16.8. The van der Waals surface area contributed by atoms with Gasteiger partial charge in [0, 0.05) is 29.5 Å². The van der Waals surface area contributed by atoms with E-state index in [1.54, 1.807) is 31.4 Å². The number of thiazole rings is 1. The van der Waals surface area contributed by atoms with Gasteiger partial charge in [-0.05, 0) is 55.5 Å². The molecular formula is C22H22N4O3S. The number of benzene rings is 2. The number of hydrogen-bond donors (Lipinski definition) is 1. The Kier molecular flexibility index (Phi) is 5.94. The number of rotatable bonds is 8. The van der Waals surface area contributed by atoms with E-state index in [4.69, 9.17) is 9.47 Å². The number of carbonyl (C=O) groups excluding carboxylic acids is 1. The fourth-order valence-electron chi connectivity index (χ4n) is 3.03. The summed E-state index contributed by atoms with van der Waals surface area (Å²) >= 11 is 1.54. The van der Waals surface area contributed by atoms with Gasteiger partial charge in [0.05, 0.1) is 19.4 Å². The van der Waals surface area contributed by atoms with E-state index in [0.29, 0.717) is 31.0 Å². The fraction of sp³-hybridized carbons (Fsp3) is 0.227. The van der Waals surface area contributed by atoms with Crippen LogP contribution in [0.25, 0.3) is 16.3 Å². The molecule has 0 unspecified atom stereocenters. The summed E-state index contributed by atoms with van der Waals surface area (Å²) in [6, 6.07) is 14.8. The maximum Gasteiger partial charge on any atom is 0.251 e. The van der Waals surface area contributed by atoms with Gasteiger partial charge in [-0.2, -0.15) is 4.98 Å². The first kappa shape index (κ1) is 19.9. The second-order valence-corrected chi connectivity index (χ2v) is 7.39. The van der Waals surface area contributed by atoms with E-state index in [1.807, 2.05) is 41.1 Å². The summed E-state index contributed by atoms with van der Waals surface area (Å²) in [6.45, 7) is 3.04. The third kappa shape index (κ3) is 4.28. The number of methoxy groups -OCH3 is 1. The molecule has 0 fully saturated rings. The lowest BCUT2D eigenvalue weighted by Crippen LogP contribution is -2.25. The molecule has 8 heteroatoms. The average molecular weight is 423 g/mol. The summed E-state index contributed by atoms with van der Waals surface area (Å²) in [5.41, 5.74) is 2.55. The van der Waals surface area contributed by atoms with Gasteiger partial charge in [-0.15, -0.1) is 16.4 Å². The van der Waals surface area contributed by atoms with Gasteiger partial charge in [0.1, 0.15) is 11.5 Å². The molecule has 2 aromatic carbocycles. The summed E-state index contributed by atoms with van der Waals surface area (Å²) in [7, 11) is 1.64. The molecule has 4 aromatic rings.